The Balaban J connectivity index is 0.000000280. The molecule has 3 aromatic rings. The maximum Gasteiger partial charge on any atom is 0.410 e. The number of carbonyl (C=O) groups is 3. The van der Waals surface area contributed by atoms with Crippen molar-refractivity contribution < 1.29 is 47.5 Å². The van der Waals surface area contributed by atoms with Crippen molar-refractivity contribution in [3.63, 3.8) is 0 Å². The van der Waals surface area contributed by atoms with Gasteiger partial charge in [0.15, 0.2) is 23.0 Å². The van der Waals surface area contributed by atoms with Gasteiger partial charge in [0.25, 0.3) is 11.8 Å². The molecule has 2 aliphatic rings. The first-order valence-electron chi connectivity index (χ1n) is 20.9. The quantitative estimate of drug-likeness (QED) is 0.122. The van der Waals surface area contributed by atoms with E-state index in [-0.39, 0.29) is 48.7 Å². The fraction of sp³-hybridized carbons (Fsp3) is 0.543. The topological polar surface area (TPSA) is 138 Å². The Morgan fingerprint density at radius 3 is 1.68 bits per heavy atom. The Morgan fingerprint density at radius 2 is 1.22 bits per heavy atom. The highest BCUT2D eigenvalue weighted by molar-refractivity contribution is 5.96. The van der Waals surface area contributed by atoms with Gasteiger partial charge in [-0.05, 0) is 89.0 Å². The number of benzene rings is 3. The second-order valence-electron chi connectivity index (χ2n) is 15.3. The van der Waals surface area contributed by atoms with Crippen molar-refractivity contribution in [2.45, 2.75) is 84.2 Å². The van der Waals surface area contributed by atoms with Crippen LogP contribution in [-0.4, -0.2) is 138 Å². The standard InChI is InChI=1S/C27H36N2O6.C19H30N2O4/c1-20(2)29(23-13-14-28(18-23)27(31)35-19-21-9-6-5-7-10-21)26(30)22-11-12-24(33-4)25(17-22)34-16-8-15-32-3;1-14(2)21(16-8-9-20-13-16)19(22)15-6-7-17(24-4)18(12-15)25-11-5-10-23-3/h5-7,9-12,17,20,23H,8,13-16,18-19H2,1-4H3;6-7,12,14,16,20H,5,8-11,13H2,1-4H3. The molecule has 0 saturated carbocycles. The highest BCUT2D eigenvalue weighted by Gasteiger charge is 2.36. The van der Waals surface area contributed by atoms with E-state index in [1.807, 2.05) is 54.0 Å². The van der Waals surface area contributed by atoms with Crippen molar-refractivity contribution in [1.29, 1.82) is 0 Å². The normalized spacial score (nSPS) is 15.9. The van der Waals surface area contributed by atoms with E-state index < -0.39 is 0 Å². The molecule has 14 nitrogen and oxygen atoms in total. The van der Waals surface area contributed by atoms with Gasteiger partial charge in [-0.2, -0.15) is 0 Å². The average Bonchev–Trinajstić information content (AvgIpc) is 3.97. The summed E-state index contributed by atoms with van der Waals surface area (Å²) in [6.45, 7) is 13.3. The Hall–Kier alpha value is -5.05. The van der Waals surface area contributed by atoms with Gasteiger partial charge < -0.3 is 53.2 Å². The van der Waals surface area contributed by atoms with Crippen LogP contribution in [0.15, 0.2) is 66.7 Å². The van der Waals surface area contributed by atoms with Crippen molar-refractivity contribution in [3.05, 3.63) is 83.4 Å². The fourth-order valence-electron chi connectivity index (χ4n) is 7.38. The first kappa shape index (κ1) is 47.6. The zero-order valence-corrected chi connectivity index (χ0v) is 36.8. The predicted molar refractivity (Wildman–Crippen MR) is 230 cm³/mol. The third-order valence-electron chi connectivity index (χ3n) is 10.4. The Kier molecular flexibility index (Phi) is 19.8. The molecule has 2 fully saturated rings. The summed E-state index contributed by atoms with van der Waals surface area (Å²) in [7, 11) is 6.48. The summed E-state index contributed by atoms with van der Waals surface area (Å²) in [5.41, 5.74) is 2.09. The Labute approximate surface area is 356 Å². The molecule has 2 unspecified atom stereocenters. The second-order valence-corrected chi connectivity index (χ2v) is 15.3. The van der Waals surface area contributed by atoms with E-state index in [0.717, 1.165) is 37.9 Å². The van der Waals surface area contributed by atoms with Crippen LogP contribution in [0.4, 0.5) is 4.79 Å². The van der Waals surface area contributed by atoms with Crippen LogP contribution in [0.2, 0.25) is 0 Å². The molecule has 3 aromatic carbocycles. The van der Waals surface area contributed by atoms with Crippen LogP contribution in [-0.2, 0) is 20.8 Å². The summed E-state index contributed by atoms with van der Waals surface area (Å²) >= 11 is 0. The number of carbonyl (C=O) groups excluding carboxylic acids is 3. The summed E-state index contributed by atoms with van der Waals surface area (Å²) in [5.74, 6) is 2.26. The average molecular weight is 835 g/mol. The SMILES string of the molecule is COCCCOc1cc(C(=O)N(C(C)C)C2CCN(C(=O)OCc3ccccc3)C2)ccc1OC.COCCCOc1cc(C(=O)N(C(C)C)C2CCNC2)ccc1OC. The lowest BCUT2D eigenvalue weighted by Gasteiger charge is -2.33. The lowest BCUT2D eigenvalue weighted by atomic mass is 10.1. The fourth-order valence-corrected chi connectivity index (χ4v) is 7.38. The minimum absolute atomic E-state index is 0.0353. The van der Waals surface area contributed by atoms with E-state index in [1.54, 1.807) is 69.7 Å². The number of hydrogen-bond donors (Lipinski definition) is 1. The molecule has 60 heavy (non-hydrogen) atoms. The van der Waals surface area contributed by atoms with Crippen molar-refractivity contribution in [1.82, 2.24) is 20.0 Å². The number of hydrogen-bond acceptors (Lipinski definition) is 11. The molecule has 2 heterocycles. The van der Waals surface area contributed by atoms with E-state index in [9.17, 15) is 14.4 Å². The monoisotopic (exact) mass is 834 g/mol. The van der Waals surface area contributed by atoms with Crippen molar-refractivity contribution in [2.75, 3.05) is 81.0 Å². The molecule has 3 amide bonds. The van der Waals surface area contributed by atoms with Gasteiger partial charge in [0.05, 0.1) is 33.5 Å². The highest BCUT2D eigenvalue weighted by atomic mass is 16.6. The maximum absolute atomic E-state index is 13.6. The van der Waals surface area contributed by atoms with Crippen LogP contribution in [0.25, 0.3) is 0 Å². The van der Waals surface area contributed by atoms with E-state index in [4.69, 9.17) is 33.2 Å². The molecule has 0 aromatic heterocycles. The lowest BCUT2D eigenvalue weighted by Crippen LogP contribution is -2.46. The summed E-state index contributed by atoms with van der Waals surface area (Å²) < 4.78 is 38.0. The molecule has 2 saturated heterocycles. The largest absolute Gasteiger partial charge is 0.493 e. The third-order valence-corrected chi connectivity index (χ3v) is 10.4. The molecule has 5 rings (SSSR count). The third kappa shape index (κ3) is 13.7. The summed E-state index contributed by atoms with van der Waals surface area (Å²) in [5, 5.41) is 3.33. The lowest BCUT2D eigenvalue weighted by molar-refractivity contribution is 0.0598. The van der Waals surface area contributed by atoms with Gasteiger partial charge in [0, 0.05) is 89.2 Å². The van der Waals surface area contributed by atoms with Crippen LogP contribution in [0.5, 0.6) is 23.0 Å². The van der Waals surface area contributed by atoms with Gasteiger partial charge in [-0.15, -0.1) is 0 Å². The molecule has 0 spiro atoms. The van der Waals surface area contributed by atoms with Crippen molar-refractivity contribution >= 4 is 17.9 Å². The number of likely N-dealkylation sites (tertiary alicyclic amines) is 1. The van der Waals surface area contributed by atoms with Gasteiger partial charge in [0.2, 0.25) is 0 Å². The Morgan fingerprint density at radius 1 is 0.683 bits per heavy atom. The summed E-state index contributed by atoms with van der Waals surface area (Å²) in [6, 6.07) is 20.4. The van der Waals surface area contributed by atoms with Gasteiger partial charge in [-0.1, -0.05) is 30.3 Å². The molecular formula is C46H66N4O10. The van der Waals surface area contributed by atoms with Crippen molar-refractivity contribution in [3.8, 4) is 23.0 Å². The number of ether oxygens (including phenoxy) is 7. The van der Waals surface area contributed by atoms with E-state index in [2.05, 4.69) is 19.2 Å². The van der Waals surface area contributed by atoms with E-state index in [0.29, 0.717) is 80.1 Å². The number of amides is 3. The van der Waals surface area contributed by atoms with Crippen LogP contribution >= 0.6 is 0 Å². The van der Waals surface area contributed by atoms with Gasteiger partial charge in [-0.3, -0.25) is 9.59 Å². The molecule has 330 valence electrons. The number of nitrogens with zero attached hydrogens (tertiary/aromatic N) is 3. The van der Waals surface area contributed by atoms with E-state index in [1.165, 1.54) is 0 Å². The molecule has 1 N–H and O–H groups in total. The molecule has 0 bridgehead atoms. The van der Waals surface area contributed by atoms with Crippen LogP contribution in [0.3, 0.4) is 0 Å². The minimum Gasteiger partial charge on any atom is -0.493 e. The van der Waals surface area contributed by atoms with Gasteiger partial charge >= 0.3 is 6.09 Å². The van der Waals surface area contributed by atoms with Crippen LogP contribution in [0, 0.1) is 0 Å². The minimum atomic E-state index is -0.358. The van der Waals surface area contributed by atoms with E-state index >= 15 is 0 Å². The van der Waals surface area contributed by atoms with Crippen LogP contribution < -0.4 is 24.3 Å². The Bertz CT molecular complexity index is 1770. The van der Waals surface area contributed by atoms with Gasteiger partial charge in [0.1, 0.15) is 6.61 Å². The summed E-state index contributed by atoms with van der Waals surface area (Å²) in [6.07, 6.45) is 2.84. The highest BCUT2D eigenvalue weighted by Crippen LogP contribution is 2.31. The van der Waals surface area contributed by atoms with Gasteiger partial charge in [-0.25, -0.2) is 4.79 Å². The predicted octanol–water partition coefficient (Wildman–Crippen LogP) is 6.70. The maximum atomic E-state index is 13.6. The van der Waals surface area contributed by atoms with Crippen molar-refractivity contribution in [2.24, 2.45) is 0 Å². The molecule has 0 radical (unpaired) electrons. The zero-order chi connectivity index (χ0) is 43.4. The molecular weight excluding hydrogens is 769 g/mol. The smallest absolute Gasteiger partial charge is 0.410 e. The first-order chi connectivity index (χ1) is 29.0. The van der Waals surface area contributed by atoms with Crippen LogP contribution in [0.1, 0.15) is 79.7 Å². The number of methoxy groups -OCH3 is 4. The second kappa shape index (κ2) is 24.9. The number of nitrogens with one attached hydrogen (secondary N) is 1. The number of rotatable bonds is 20. The molecule has 0 aliphatic carbocycles. The first-order valence-corrected chi connectivity index (χ1v) is 20.9. The summed E-state index contributed by atoms with van der Waals surface area (Å²) in [4.78, 5) is 44.8. The molecule has 14 heteroatoms. The molecule has 2 aliphatic heterocycles. The zero-order valence-electron chi connectivity index (χ0n) is 36.8. The molecule has 2 atom stereocenters.